The molecule has 1 aromatic heterocycles. The van der Waals surface area contributed by atoms with Crippen molar-refractivity contribution in [2.24, 2.45) is 0 Å². The Hall–Kier alpha value is -1.20. The fourth-order valence-corrected chi connectivity index (χ4v) is 3.94. The van der Waals surface area contributed by atoms with Crippen LogP contribution in [0.3, 0.4) is 0 Å². The predicted molar refractivity (Wildman–Crippen MR) is 83.8 cm³/mol. The topological polar surface area (TPSA) is 96.4 Å². The van der Waals surface area contributed by atoms with Gasteiger partial charge in [0.15, 0.2) is 5.13 Å². The monoisotopic (exact) mass is 424 g/mol. The molecular formula is C11H9IN2O4S2. The maximum Gasteiger partial charge on any atom is 0.336 e. The summed E-state index contributed by atoms with van der Waals surface area (Å²) in [6, 6.07) is 3.94. The van der Waals surface area contributed by atoms with E-state index in [4.69, 9.17) is 5.11 Å². The van der Waals surface area contributed by atoms with Gasteiger partial charge in [-0.25, -0.2) is 18.2 Å². The van der Waals surface area contributed by atoms with Gasteiger partial charge in [-0.15, -0.1) is 11.3 Å². The maximum absolute atomic E-state index is 12.2. The molecule has 0 aliphatic carbocycles. The van der Waals surface area contributed by atoms with Crippen LogP contribution >= 0.6 is 33.9 Å². The number of halogens is 1. The minimum Gasteiger partial charge on any atom is -0.478 e. The van der Waals surface area contributed by atoms with Gasteiger partial charge in [0, 0.05) is 8.95 Å². The fraction of sp³-hybridized carbons (Fsp3) is 0.0909. The van der Waals surface area contributed by atoms with E-state index < -0.39 is 16.0 Å². The number of nitrogens with zero attached hydrogens (tertiary/aromatic N) is 1. The van der Waals surface area contributed by atoms with Crippen molar-refractivity contribution in [2.75, 3.05) is 4.72 Å². The Morgan fingerprint density at radius 2 is 2.15 bits per heavy atom. The molecule has 0 aliphatic rings. The molecule has 0 fully saturated rings. The second kappa shape index (κ2) is 5.66. The Morgan fingerprint density at radius 1 is 1.45 bits per heavy atom. The molecule has 2 rings (SSSR count). The van der Waals surface area contributed by atoms with Crippen molar-refractivity contribution in [3.8, 4) is 0 Å². The van der Waals surface area contributed by atoms with Crippen LogP contribution in [0.25, 0.3) is 0 Å². The number of hydrogen-bond donors (Lipinski definition) is 2. The summed E-state index contributed by atoms with van der Waals surface area (Å²) in [5, 5.41) is 11.0. The lowest BCUT2D eigenvalue weighted by Crippen LogP contribution is -2.14. The Bertz CT molecular complexity index is 770. The number of carbonyl (C=O) groups is 1. The zero-order valence-corrected chi connectivity index (χ0v) is 13.9. The van der Waals surface area contributed by atoms with Crippen LogP contribution in [-0.2, 0) is 10.0 Å². The Labute approximate surface area is 133 Å². The fourth-order valence-electron chi connectivity index (χ4n) is 1.41. The molecule has 0 saturated heterocycles. The summed E-state index contributed by atoms with van der Waals surface area (Å²) in [5.74, 6) is -1.17. The standard InChI is InChI=1S/C11H9IN2O4S2/c1-6-5-19-11(13-6)14-20(17,18)7-2-3-9(12)8(4-7)10(15)16/h2-5H,1H3,(H,13,14)(H,15,16). The summed E-state index contributed by atoms with van der Waals surface area (Å²) in [6.45, 7) is 1.75. The van der Waals surface area contributed by atoms with Crippen molar-refractivity contribution in [1.29, 1.82) is 0 Å². The van der Waals surface area contributed by atoms with Gasteiger partial charge in [0.05, 0.1) is 16.2 Å². The maximum atomic E-state index is 12.2. The number of hydrogen-bond acceptors (Lipinski definition) is 5. The van der Waals surface area contributed by atoms with Gasteiger partial charge in [0.25, 0.3) is 10.0 Å². The molecule has 1 aromatic carbocycles. The van der Waals surface area contributed by atoms with Gasteiger partial charge in [-0.2, -0.15) is 0 Å². The van der Waals surface area contributed by atoms with Crippen LogP contribution in [0.15, 0.2) is 28.5 Å². The molecule has 0 bridgehead atoms. The summed E-state index contributed by atoms with van der Waals surface area (Å²) in [7, 11) is -3.84. The number of nitrogens with one attached hydrogen (secondary N) is 1. The Morgan fingerprint density at radius 3 is 2.70 bits per heavy atom. The number of carboxylic acids is 1. The van der Waals surface area contributed by atoms with Gasteiger partial charge in [0.1, 0.15) is 0 Å². The lowest BCUT2D eigenvalue weighted by molar-refractivity contribution is 0.0695. The first kappa shape index (κ1) is 15.2. The molecule has 6 nitrogen and oxygen atoms in total. The van der Waals surface area contributed by atoms with Gasteiger partial charge < -0.3 is 5.11 Å². The number of rotatable bonds is 4. The molecule has 0 amide bonds. The lowest BCUT2D eigenvalue weighted by atomic mass is 10.2. The number of carboxylic acid groups (broad SMARTS) is 1. The number of sulfonamides is 1. The SMILES string of the molecule is Cc1csc(NS(=O)(=O)c2ccc(I)c(C(=O)O)c2)n1. The van der Waals surface area contributed by atoms with E-state index >= 15 is 0 Å². The molecule has 2 aromatic rings. The second-order valence-electron chi connectivity index (χ2n) is 3.85. The Kier molecular flexibility index (Phi) is 4.30. The number of aromatic nitrogens is 1. The summed E-state index contributed by atoms with van der Waals surface area (Å²) < 4.78 is 27.1. The lowest BCUT2D eigenvalue weighted by Gasteiger charge is -2.07. The van der Waals surface area contributed by atoms with E-state index in [0.29, 0.717) is 9.26 Å². The van der Waals surface area contributed by atoms with Gasteiger partial charge in [-0.1, -0.05) is 0 Å². The van der Waals surface area contributed by atoms with Crippen LogP contribution in [0, 0.1) is 10.5 Å². The molecule has 0 unspecified atom stereocenters. The molecule has 0 saturated carbocycles. The van der Waals surface area contributed by atoms with E-state index in [1.54, 1.807) is 12.3 Å². The van der Waals surface area contributed by atoms with Crippen LogP contribution in [0.5, 0.6) is 0 Å². The summed E-state index contributed by atoms with van der Waals surface area (Å²) >= 11 is 3.01. The first-order valence-corrected chi connectivity index (χ1v) is 8.71. The average Bonchev–Trinajstić information content (AvgIpc) is 2.73. The van der Waals surface area contributed by atoms with Crippen molar-refractivity contribution in [3.63, 3.8) is 0 Å². The molecule has 0 aliphatic heterocycles. The number of benzene rings is 1. The number of aryl methyl sites for hydroxylation is 1. The second-order valence-corrected chi connectivity index (χ2v) is 7.55. The van der Waals surface area contributed by atoms with Gasteiger partial charge >= 0.3 is 5.97 Å². The number of anilines is 1. The summed E-state index contributed by atoms with van der Waals surface area (Å²) in [5.41, 5.74) is 0.658. The largest absolute Gasteiger partial charge is 0.478 e. The molecule has 1 heterocycles. The van der Waals surface area contributed by atoms with Crippen LogP contribution in [0.1, 0.15) is 16.1 Å². The number of aromatic carboxylic acids is 1. The van der Waals surface area contributed by atoms with E-state index in [9.17, 15) is 13.2 Å². The van der Waals surface area contributed by atoms with Crippen LogP contribution < -0.4 is 4.72 Å². The zero-order chi connectivity index (χ0) is 14.9. The Balaban J connectivity index is 2.39. The highest BCUT2D eigenvalue weighted by Gasteiger charge is 2.19. The van der Waals surface area contributed by atoms with Crippen molar-refractivity contribution in [3.05, 3.63) is 38.4 Å². The normalized spacial score (nSPS) is 11.3. The van der Waals surface area contributed by atoms with Gasteiger partial charge in [0.2, 0.25) is 0 Å². The summed E-state index contributed by atoms with van der Waals surface area (Å²) in [6.07, 6.45) is 0. The van der Waals surface area contributed by atoms with E-state index in [-0.39, 0.29) is 15.6 Å². The molecular weight excluding hydrogens is 415 g/mol. The van der Waals surface area contributed by atoms with E-state index in [0.717, 1.165) is 6.07 Å². The zero-order valence-electron chi connectivity index (χ0n) is 10.1. The van der Waals surface area contributed by atoms with Crippen LogP contribution in [0.2, 0.25) is 0 Å². The molecule has 0 atom stereocenters. The third-order valence-electron chi connectivity index (χ3n) is 2.32. The molecule has 2 N–H and O–H groups in total. The average molecular weight is 424 g/mol. The predicted octanol–water partition coefficient (Wildman–Crippen LogP) is 2.56. The first-order chi connectivity index (χ1) is 9.29. The van der Waals surface area contributed by atoms with Crippen molar-refractivity contribution < 1.29 is 18.3 Å². The quantitative estimate of drug-likeness (QED) is 0.736. The third-order valence-corrected chi connectivity index (χ3v) is 5.60. The molecule has 20 heavy (non-hydrogen) atoms. The van der Waals surface area contributed by atoms with Gasteiger partial charge in [-0.3, -0.25) is 4.72 Å². The highest BCUT2D eigenvalue weighted by atomic mass is 127. The highest BCUT2D eigenvalue weighted by molar-refractivity contribution is 14.1. The van der Waals surface area contributed by atoms with E-state index in [1.807, 2.05) is 22.6 Å². The van der Waals surface area contributed by atoms with Crippen molar-refractivity contribution >= 4 is 55.1 Å². The highest BCUT2D eigenvalue weighted by Crippen LogP contribution is 2.22. The third kappa shape index (κ3) is 3.27. The molecule has 9 heteroatoms. The van der Waals surface area contributed by atoms with E-state index in [1.165, 1.54) is 23.5 Å². The summed E-state index contributed by atoms with van der Waals surface area (Å²) in [4.78, 5) is 14.9. The minimum absolute atomic E-state index is 0.0520. The van der Waals surface area contributed by atoms with Gasteiger partial charge in [-0.05, 0) is 47.7 Å². The molecule has 0 spiro atoms. The number of thiazole rings is 1. The smallest absolute Gasteiger partial charge is 0.336 e. The van der Waals surface area contributed by atoms with Crippen LogP contribution in [-0.4, -0.2) is 24.5 Å². The molecule has 106 valence electrons. The van der Waals surface area contributed by atoms with E-state index in [2.05, 4.69) is 9.71 Å². The first-order valence-electron chi connectivity index (χ1n) is 5.27. The molecule has 0 radical (unpaired) electrons. The van der Waals surface area contributed by atoms with Crippen molar-refractivity contribution in [2.45, 2.75) is 11.8 Å². The van der Waals surface area contributed by atoms with Crippen LogP contribution in [0.4, 0.5) is 5.13 Å². The minimum atomic E-state index is -3.84. The van der Waals surface area contributed by atoms with Crippen molar-refractivity contribution in [1.82, 2.24) is 4.98 Å².